The van der Waals surface area contributed by atoms with Crippen LogP contribution < -0.4 is 4.90 Å². The van der Waals surface area contributed by atoms with Crippen molar-refractivity contribution in [3.05, 3.63) is 154 Å². The second-order valence-corrected chi connectivity index (χ2v) is 16.1. The summed E-state index contributed by atoms with van der Waals surface area (Å²) in [7, 11) is 0. The SMILES string of the molecule is CC12CCC(C)(CC1)c1cc(-c3cc(N(c4ccc(Br)cc4)c4ccc(Br)cc4)cc(-n4c5ccccc5c5ccccc54)c3)ccc12. The third-order valence-electron chi connectivity index (χ3n) is 11.3. The van der Waals surface area contributed by atoms with Crippen LogP contribution in [0.15, 0.2) is 142 Å². The summed E-state index contributed by atoms with van der Waals surface area (Å²) in [6.45, 7) is 4.98. The van der Waals surface area contributed by atoms with Crippen LogP contribution in [0.2, 0.25) is 0 Å². The number of hydrogen-bond donors (Lipinski definition) is 0. The molecule has 1 saturated carbocycles. The maximum Gasteiger partial charge on any atom is 0.0541 e. The van der Waals surface area contributed by atoms with Crippen LogP contribution in [-0.2, 0) is 10.8 Å². The molecule has 3 aliphatic carbocycles. The number of anilines is 3. The lowest BCUT2D eigenvalue weighted by molar-refractivity contribution is 0.188. The molecule has 0 atom stereocenters. The minimum atomic E-state index is 0.247. The Kier molecular flexibility index (Phi) is 7.01. The Morgan fingerprint density at radius 2 is 1.02 bits per heavy atom. The molecule has 2 nitrogen and oxygen atoms in total. The number of nitrogens with zero attached hydrogens (tertiary/aromatic N) is 2. The topological polar surface area (TPSA) is 8.17 Å². The molecule has 0 radical (unpaired) electrons. The van der Waals surface area contributed by atoms with E-state index in [9.17, 15) is 0 Å². The quantitative estimate of drug-likeness (QED) is 0.170. The number of hydrogen-bond acceptors (Lipinski definition) is 1. The van der Waals surface area contributed by atoms with Gasteiger partial charge in [-0.2, -0.15) is 0 Å². The lowest BCUT2D eigenvalue weighted by Gasteiger charge is -2.52. The van der Waals surface area contributed by atoms with Gasteiger partial charge in [0.25, 0.3) is 0 Å². The molecule has 1 heterocycles. The molecule has 3 aliphatic rings. The van der Waals surface area contributed by atoms with Gasteiger partial charge in [-0.3, -0.25) is 0 Å². The van der Waals surface area contributed by atoms with Crippen molar-refractivity contribution in [1.29, 1.82) is 0 Å². The van der Waals surface area contributed by atoms with E-state index in [0.717, 1.165) is 31.7 Å². The largest absolute Gasteiger partial charge is 0.310 e. The smallest absolute Gasteiger partial charge is 0.0541 e. The van der Waals surface area contributed by atoms with Gasteiger partial charge < -0.3 is 9.47 Å². The summed E-state index contributed by atoms with van der Waals surface area (Å²) in [6, 6.07) is 49.3. The average molecular weight is 753 g/mol. The summed E-state index contributed by atoms with van der Waals surface area (Å²) in [5.41, 5.74) is 13.1. The molecule has 236 valence electrons. The first-order valence-corrected chi connectivity index (χ1v) is 18.5. The normalized spacial score (nSPS) is 19.9. The van der Waals surface area contributed by atoms with Crippen molar-refractivity contribution in [3.63, 3.8) is 0 Å². The second-order valence-electron chi connectivity index (χ2n) is 14.3. The van der Waals surface area contributed by atoms with Crippen molar-refractivity contribution in [2.45, 2.75) is 50.4 Å². The monoisotopic (exact) mass is 750 g/mol. The predicted molar refractivity (Wildman–Crippen MR) is 209 cm³/mol. The summed E-state index contributed by atoms with van der Waals surface area (Å²) in [4.78, 5) is 2.38. The van der Waals surface area contributed by atoms with E-state index in [1.807, 2.05) is 0 Å². The van der Waals surface area contributed by atoms with Gasteiger partial charge in [0, 0.05) is 42.5 Å². The second kappa shape index (κ2) is 11.2. The fraction of sp³-hybridized carbons (Fsp3) is 0.182. The van der Waals surface area contributed by atoms with Crippen molar-refractivity contribution < 1.29 is 0 Å². The Labute approximate surface area is 299 Å². The van der Waals surface area contributed by atoms with E-state index in [1.54, 1.807) is 11.1 Å². The lowest BCUT2D eigenvalue weighted by Crippen LogP contribution is -2.44. The Morgan fingerprint density at radius 1 is 0.500 bits per heavy atom. The van der Waals surface area contributed by atoms with Gasteiger partial charge in [0.15, 0.2) is 0 Å². The Morgan fingerprint density at radius 3 is 1.58 bits per heavy atom. The van der Waals surface area contributed by atoms with Crippen LogP contribution in [0.1, 0.15) is 50.7 Å². The van der Waals surface area contributed by atoms with Crippen LogP contribution in [-0.4, -0.2) is 4.57 Å². The van der Waals surface area contributed by atoms with Gasteiger partial charge in [-0.1, -0.05) is 100 Å². The Bertz CT molecular complexity index is 2240. The van der Waals surface area contributed by atoms with Gasteiger partial charge in [0.1, 0.15) is 0 Å². The maximum absolute atomic E-state index is 3.67. The van der Waals surface area contributed by atoms with Gasteiger partial charge in [0.05, 0.1) is 11.0 Å². The first-order valence-electron chi connectivity index (χ1n) is 16.9. The zero-order chi connectivity index (χ0) is 32.6. The van der Waals surface area contributed by atoms with Crippen molar-refractivity contribution in [1.82, 2.24) is 4.57 Å². The fourth-order valence-electron chi connectivity index (χ4n) is 8.49. The van der Waals surface area contributed by atoms with Gasteiger partial charge >= 0.3 is 0 Å². The van der Waals surface area contributed by atoms with Crippen LogP contribution in [0, 0.1) is 0 Å². The first-order chi connectivity index (χ1) is 23.3. The van der Waals surface area contributed by atoms with Crippen LogP contribution in [0.3, 0.4) is 0 Å². The summed E-state index contributed by atoms with van der Waals surface area (Å²) < 4.78 is 4.57. The third-order valence-corrected chi connectivity index (χ3v) is 12.3. The molecule has 0 unspecified atom stereocenters. The van der Waals surface area contributed by atoms with Crippen LogP contribution in [0.5, 0.6) is 0 Å². The molecule has 1 fully saturated rings. The lowest BCUT2D eigenvalue weighted by atomic mass is 9.52. The first kappa shape index (κ1) is 30.0. The van der Waals surface area contributed by atoms with Gasteiger partial charge in [0.2, 0.25) is 0 Å². The molecule has 1 aromatic heterocycles. The molecule has 0 amide bonds. The third kappa shape index (κ3) is 4.79. The molecule has 0 spiro atoms. The summed E-state index contributed by atoms with van der Waals surface area (Å²) in [6.07, 6.45) is 5.12. The van der Waals surface area contributed by atoms with Gasteiger partial charge in [-0.15, -0.1) is 0 Å². The molecule has 7 aromatic rings. The fourth-order valence-corrected chi connectivity index (χ4v) is 9.02. The van der Waals surface area contributed by atoms with Crippen molar-refractivity contribution in [2.24, 2.45) is 0 Å². The number of fused-ring (bicyclic) bond motifs is 5. The molecular formula is C44H36Br2N2. The zero-order valence-corrected chi connectivity index (χ0v) is 30.4. The molecule has 0 aliphatic heterocycles. The molecule has 10 rings (SSSR count). The van der Waals surface area contributed by atoms with Crippen molar-refractivity contribution in [2.75, 3.05) is 4.90 Å². The molecule has 2 bridgehead atoms. The van der Waals surface area contributed by atoms with Crippen LogP contribution in [0.25, 0.3) is 38.6 Å². The van der Waals surface area contributed by atoms with E-state index in [0.29, 0.717) is 5.41 Å². The highest BCUT2D eigenvalue weighted by molar-refractivity contribution is 9.10. The molecule has 6 aromatic carbocycles. The number of rotatable bonds is 5. The van der Waals surface area contributed by atoms with Gasteiger partial charge in [-0.25, -0.2) is 0 Å². The number of aromatic nitrogens is 1. The highest BCUT2D eigenvalue weighted by Gasteiger charge is 2.47. The van der Waals surface area contributed by atoms with Gasteiger partial charge in [-0.05, 0) is 138 Å². The standard InChI is InChI=1S/C44H36Br2N2/c1-43-21-23-44(2,24-22-43)40-27-29(11-20-39(40)43)30-25-35(47(33-16-12-31(45)13-17-33)34-18-14-32(46)15-19-34)28-36(26-30)48-41-9-5-3-7-37(41)38-8-4-6-10-42(38)48/h3-20,25-28H,21-24H2,1-2H3. The average Bonchev–Trinajstić information content (AvgIpc) is 3.45. The summed E-state index contributed by atoms with van der Waals surface area (Å²) >= 11 is 7.33. The summed E-state index contributed by atoms with van der Waals surface area (Å²) in [5.74, 6) is 0. The van der Waals surface area contributed by atoms with E-state index in [-0.39, 0.29) is 5.41 Å². The number of benzene rings is 6. The zero-order valence-electron chi connectivity index (χ0n) is 27.2. The highest BCUT2D eigenvalue weighted by atomic mass is 79.9. The van der Waals surface area contributed by atoms with E-state index < -0.39 is 0 Å². The van der Waals surface area contributed by atoms with E-state index >= 15 is 0 Å². The minimum absolute atomic E-state index is 0.247. The summed E-state index contributed by atoms with van der Waals surface area (Å²) in [5, 5.41) is 2.53. The highest BCUT2D eigenvalue weighted by Crippen LogP contribution is 2.57. The Balaban J connectivity index is 1.33. The van der Waals surface area contributed by atoms with Crippen molar-refractivity contribution in [3.8, 4) is 16.8 Å². The van der Waals surface area contributed by atoms with E-state index in [1.165, 1.54) is 58.6 Å². The Hall–Kier alpha value is -4.12. The minimum Gasteiger partial charge on any atom is -0.310 e. The molecular weight excluding hydrogens is 716 g/mol. The molecule has 0 N–H and O–H groups in total. The van der Waals surface area contributed by atoms with Crippen LogP contribution >= 0.6 is 31.9 Å². The van der Waals surface area contributed by atoms with Crippen LogP contribution in [0.4, 0.5) is 17.1 Å². The maximum atomic E-state index is 3.67. The van der Waals surface area contributed by atoms with E-state index in [4.69, 9.17) is 0 Å². The molecule has 0 saturated heterocycles. The van der Waals surface area contributed by atoms with E-state index in [2.05, 4.69) is 189 Å². The number of para-hydroxylation sites is 2. The van der Waals surface area contributed by atoms with Crippen molar-refractivity contribution >= 4 is 70.7 Å². The molecule has 48 heavy (non-hydrogen) atoms. The predicted octanol–water partition coefficient (Wildman–Crippen LogP) is 13.5. The molecule has 4 heteroatoms. The number of halogens is 2.